The zero-order valence-electron chi connectivity index (χ0n) is 20.8. The summed E-state index contributed by atoms with van der Waals surface area (Å²) in [5.74, 6) is 1.77. The van der Waals surface area contributed by atoms with Gasteiger partial charge in [-0.3, -0.25) is 0 Å². The molecule has 1 rings (SSSR count). The van der Waals surface area contributed by atoms with Crippen LogP contribution in [-0.2, 0) is 0 Å². The smallest absolute Gasteiger partial charge is 0.119 e. The van der Waals surface area contributed by atoms with E-state index in [0.717, 1.165) is 18.3 Å². The quantitative estimate of drug-likeness (QED) is 0.124. The molecule has 0 radical (unpaired) electrons. The summed E-state index contributed by atoms with van der Waals surface area (Å²) in [7, 11) is 0. The first kappa shape index (κ1) is 27.8. The van der Waals surface area contributed by atoms with Crippen molar-refractivity contribution in [2.75, 3.05) is 6.61 Å². The van der Waals surface area contributed by atoms with Crippen LogP contribution < -0.4 is 4.74 Å². The summed E-state index contributed by atoms with van der Waals surface area (Å²) in [5, 5.41) is 0. The number of para-hydroxylation sites is 1. The van der Waals surface area contributed by atoms with Gasteiger partial charge in [-0.1, -0.05) is 134 Å². The Kier molecular flexibility index (Phi) is 19.7. The van der Waals surface area contributed by atoms with Gasteiger partial charge in [0.2, 0.25) is 0 Å². The van der Waals surface area contributed by atoms with E-state index in [2.05, 4.69) is 19.6 Å². The highest BCUT2D eigenvalue weighted by Gasteiger charge is 2.04. The molecule has 1 aromatic carbocycles. The monoisotopic (exact) mass is 428 g/mol. The number of hydrogen-bond acceptors (Lipinski definition) is 1. The van der Waals surface area contributed by atoms with Crippen LogP contribution in [-0.4, -0.2) is 6.61 Å². The van der Waals surface area contributed by atoms with Crippen molar-refractivity contribution in [3.8, 4) is 5.75 Å². The second-order valence-electron chi connectivity index (χ2n) is 9.39. The van der Waals surface area contributed by atoms with Crippen LogP contribution in [0.1, 0.15) is 129 Å². The molecular formula is C30H52O. The number of unbranched alkanes of at least 4 members (excludes halogenated alkanes) is 15. The summed E-state index contributed by atoms with van der Waals surface area (Å²) in [6, 6.07) is 10.2. The van der Waals surface area contributed by atoms with Crippen molar-refractivity contribution in [1.29, 1.82) is 0 Å². The van der Waals surface area contributed by atoms with Gasteiger partial charge in [0.15, 0.2) is 0 Å². The summed E-state index contributed by atoms with van der Waals surface area (Å²) in [5.41, 5.74) is 0. The highest BCUT2D eigenvalue weighted by atomic mass is 16.5. The second-order valence-corrected chi connectivity index (χ2v) is 9.39. The summed E-state index contributed by atoms with van der Waals surface area (Å²) >= 11 is 0. The molecule has 0 heterocycles. The molecule has 0 saturated heterocycles. The Balaban J connectivity index is 1.79. The highest BCUT2D eigenvalue weighted by molar-refractivity contribution is 5.20. The van der Waals surface area contributed by atoms with E-state index < -0.39 is 0 Å². The molecule has 1 aromatic rings. The average molecular weight is 429 g/mol. The van der Waals surface area contributed by atoms with Gasteiger partial charge in [0.1, 0.15) is 5.75 Å². The van der Waals surface area contributed by atoms with E-state index in [1.54, 1.807) is 0 Å². The molecule has 0 N–H and O–H groups in total. The Morgan fingerprint density at radius 3 is 1.58 bits per heavy atom. The van der Waals surface area contributed by atoms with Gasteiger partial charge in [0, 0.05) is 0 Å². The fourth-order valence-electron chi connectivity index (χ4n) is 4.37. The van der Waals surface area contributed by atoms with E-state index in [9.17, 15) is 0 Å². The minimum absolute atomic E-state index is 0.765. The minimum Gasteiger partial charge on any atom is -0.494 e. The minimum atomic E-state index is 0.765. The molecule has 178 valence electrons. The van der Waals surface area contributed by atoms with Crippen LogP contribution in [0.4, 0.5) is 0 Å². The molecule has 0 aliphatic carbocycles. The number of rotatable bonds is 23. The van der Waals surface area contributed by atoms with E-state index in [-0.39, 0.29) is 0 Å². The van der Waals surface area contributed by atoms with Crippen molar-refractivity contribution >= 4 is 0 Å². The lowest BCUT2D eigenvalue weighted by Crippen LogP contribution is -1.97. The van der Waals surface area contributed by atoms with E-state index in [0.29, 0.717) is 0 Å². The number of benzene rings is 1. The number of allylic oxidation sites excluding steroid dienone is 1. The van der Waals surface area contributed by atoms with Gasteiger partial charge in [-0.2, -0.15) is 0 Å². The van der Waals surface area contributed by atoms with Gasteiger partial charge < -0.3 is 4.74 Å². The van der Waals surface area contributed by atoms with Crippen molar-refractivity contribution in [3.05, 3.63) is 43.0 Å². The largest absolute Gasteiger partial charge is 0.494 e. The lowest BCUT2D eigenvalue weighted by atomic mass is 9.94. The average Bonchev–Trinajstić information content (AvgIpc) is 2.80. The maximum absolute atomic E-state index is 5.75. The van der Waals surface area contributed by atoms with Crippen LogP contribution in [0.25, 0.3) is 0 Å². The van der Waals surface area contributed by atoms with E-state index in [1.807, 2.05) is 30.3 Å². The highest BCUT2D eigenvalue weighted by Crippen LogP contribution is 2.20. The lowest BCUT2D eigenvalue weighted by Gasteiger charge is -2.12. The normalized spacial score (nSPS) is 12.0. The first-order valence-electron chi connectivity index (χ1n) is 13.7. The van der Waals surface area contributed by atoms with E-state index >= 15 is 0 Å². The molecule has 0 aromatic heterocycles. The second kappa shape index (κ2) is 22.0. The molecule has 1 unspecified atom stereocenters. The molecular weight excluding hydrogens is 376 g/mol. The standard InChI is InChI=1S/C30H52O/c1-3-5-6-7-12-15-19-24-29(4-2)25-20-16-13-10-8-9-11-14-17-23-28-31-30-26-21-18-22-27-30/h4,18,21-22,26-27,29H,2-3,5-17,19-20,23-25,28H2,1H3. The Morgan fingerprint density at radius 1 is 0.645 bits per heavy atom. The molecule has 0 saturated carbocycles. The molecule has 0 bridgehead atoms. The van der Waals surface area contributed by atoms with E-state index in [4.69, 9.17) is 4.74 Å². The summed E-state index contributed by atoms with van der Waals surface area (Å²) in [6.07, 6.45) is 28.6. The van der Waals surface area contributed by atoms with Gasteiger partial charge in [-0.15, -0.1) is 6.58 Å². The molecule has 1 heteroatoms. The number of hydrogen-bond donors (Lipinski definition) is 0. The fraction of sp³-hybridized carbons (Fsp3) is 0.733. The van der Waals surface area contributed by atoms with Crippen LogP contribution in [0.2, 0.25) is 0 Å². The molecule has 0 spiro atoms. The van der Waals surface area contributed by atoms with Gasteiger partial charge in [0.05, 0.1) is 6.61 Å². The Bertz CT molecular complexity index is 480. The van der Waals surface area contributed by atoms with Crippen molar-refractivity contribution < 1.29 is 4.74 Å². The zero-order valence-corrected chi connectivity index (χ0v) is 20.8. The van der Waals surface area contributed by atoms with E-state index in [1.165, 1.54) is 122 Å². The van der Waals surface area contributed by atoms with Crippen molar-refractivity contribution in [2.24, 2.45) is 5.92 Å². The van der Waals surface area contributed by atoms with Gasteiger partial charge in [-0.05, 0) is 37.3 Å². The van der Waals surface area contributed by atoms with Crippen LogP contribution >= 0.6 is 0 Å². The third kappa shape index (κ3) is 18.1. The Morgan fingerprint density at radius 2 is 1.10 bits per heavy atom. The molecule has 1 atom stereocenters. The maximum atomic E-state index is 5.75. The Hall–Kier alpha value is -1.24. The van der Waals surface area contributed by atoms with Crippen LogP contribution in [0, 0.1) is 5.92 Å². The number of ether oxygens (including phenoxy) is 1. The maximum Gasteiger partial charge on any atom is 0.119 e. The van der Waals surface area contributed by atoms with Crippen LogP contribution in [0.5, 0.6) is 5.75 Å². The topological polar surface area (TPSA) is 9.23 Å². The molecule has 0 aliphatic rings. The zero-order chi connectivity index (χ0) is 22.2. The van der Waals surface area contributed by atoms with Crippen LogP contribution in [0.15, 0.2) is 43.0 Å². The predicted octanol–water partition coefficient (Wildman–Crippen LogP) is 10.3. The fourth-order valence-corrected chi connectivity index (χ4v) is 4.37. The summed E-state index contributed by atoms with van der Waals surface area (Å²) in [6.45, 7) is 7.23. The SMILES string of the molecule is C=CC(CCCCCCCCC)CCCCCCCCCCCCOc1ccccc1. The molecule has 0 aliphatic heterocycles. The summed E-state index contributed by atoms with van der Waals surface area (Å²) in [4.78, 5) is 0. The third-order valence-corrected chi connectivity index (χ3v) is 6.49. The van der Waals surface area contributed by atoms with Crippen LogP contribution in [0.3, 0.4) is 0 Å². The third-order valence-electron chi connectivity index (χ3n) is 6.49. The first-order chi connectivity index (χ1) is 15.4. The lowest BCUT2D eigenvalue weighted by molar-refractivity contribution is 0.304. The molecule has 0 amide bonds. The van der Waals surface area contributed by atoms with Gasteiger partial charge in [0.25, 0.3) is 0 Å². The van der Waals surface area contributed by atoms with Crippen molar-refractivity contribution in [2.45, 2.75) is 129 Å². The van der Waals surface area contributed by atoms with Crippen molar-refractivity contribution in [3.63, 3.8) is 0 Å². The van der Waals surface area contributed by atoms with Crippen molar-refractivity contribution in [1.82, 2.24) is 0 Å². The predicted molar refractivity (Wildman–Crippen MR) is 139 cm³/mol. The van der Waals surface area contributed by atoms with Gasteiger partial charge in [-0.25, -0.2) is 0 Å². The summed E-state index contributed by atoms with van der Waals surface area (Å²) < 4.78 is 5.75. The Labute approximate surface area is 195 Å². The molecule has 31 heavy (non-hydrogen) atoms. The molecule has 1 nitrogen and oxygen atoms in total. The molecule has 0 fully saturated rings. The first-order valence-corrected chi connectivity index (χ1v) is 13.7. The van der Waals surface area contributed by atoms with Gasteiger partial charge >= 0.3 is 0 Å².